The quantitative estimate of drug-likeness (QED) is 0.783. The molecule has 1 aliphatic heterocycles. The number of nitrogens with one attached hydrogen (secondary N) is 1. The molecule has 0 aromatic heterocycles. The minimum Gasteiger partial charge on any atom is -0.321 e. The Labute approximate surface area is 114 Å². The summed E-state index contributed by atoms with van der Waals surface area (Å²) in [7, 11) is 0. The van der Waals surface area contributed by atoms with Gasteiger partial charge in [0.1, 0.15) is 5.82 Å². The number of hydrogen-bond donors (Lipinski definition) is 1. The Morgan fingerprint density at radius 3 is 2.74 bits per heavy atom. The molecule has 94 valence electrons. The van der Waals surface area contributed by atoms with Crippen LogP contribution in [0.3, 0.4) is 0 Å². The number of hydrogen-bond acceptors (Lipinski definition) is 1. The van der Waals surface area contributed by atoms with Gasteiger partial charge < -0.3 is 5.32 Å². The van der Waals surface area contributed by atoms with E-state index in [0.717, 1.165) is 11.3 Å². The van der Waals surface area contributed by atoms with Crippen molar-refractivity contribution in [3.8, 4) is 0 Å². The molecule has 3 rings (SSSR count). The van der Waals surface area contributed by atoms with Gasteiger partial charge in [-0.3, -0.25) is 4.79 Å². The van der Waals surface area contributed by atoms with Gasteiger partial charge in [0.2, 0.25) is 0 Å². The van der Waals surface area contributed by atoms with Crippen LogP contribution in [0.5, 0.6) is 0 Å². The second-order valence-corrected chi connectivity index (χ2v) is 4.63. The summed E-state index contributed by atoms with van der Waals surface area (Å²) in [5.74, 6) is -0.579. The van der Waals surface area contributed by atoms with Crippen molar-refractivity contribution in [3.05, 3.63) is 64.4 Å². The molecule has 0 atom stereocenters. The minimum atomic E-state index is -0.400. The van der Waals surface area contributed by atoms with Crippen molar-refractivity contribution in [2.24, 2.45) is 0 Å². The lowest BCUT2D eigenvalue weighted by Crippen LogP contribution is -2.03. The molecule has 1 heterocycles. The standard InChI is InChI=1S/C15H9ClFNO/c16-13-8-10(17)6-5-9(13)7-12-11-3-1-2-4-14(11)18-15(12)19/h1-8H,(H,18,19)/b12-7+. The number of carbonyl (C=O) groups excluding carboxylic acids is 1. The fraction of sp³-hybridized carbons (Fsp3) is 0. The number of carbonyl (C=O) groups is 1. The molecule has 4 heteroatoms. The Balaban J connectivity index is 2.11. The van der Waals surface area contributed by atoms with E-state index in [0.29, 0.717) is 11.1 Å². The highest BCUT2D eigenvalue weighted by atomic mass is 35.5. The highest BCUT2D eigenvalue weighted by Gasteiger charge is 2.23. The summed E-state index contributed by atoms with van der Waals surface area (Å²) >= 11 is 5.97. The van der Waals surface area contributed by atoms with E-state index < -0.39 is 5.82 Å². The van der Waals surface area contributed by atoms with Crippen LogP contribution in [-0.2, 0) is 4.79 Å². The normalized spacial score (nSPS) is 15.5. The zero-order valence-corrected chi connectivity index (χ0v) is 10.5. The molecule has 1 amide bonds. The maximum absolute atomic E-state index is 13.0. The van der Waals surface area contributed by atoms with Crippen molar-refractivity contribution in [3.63, 3.8) is 0 Å². The molecule has 0 aliphatic carbocycles. The molecule has 2 aromatic carbocycles. The fourth-order valence-electron chi connectivity index (χ4n) is 2.06. The second-order valence-electron chi connectivity index (χ2n) is 4.22. The lowest BCUT2D eigenvalue weighted by Gasteiger charge is -2.01. The van der Waals surface area contributed by atoms with Gasteiger partial charge >= 0.3 is 0 Å². The molecular weight excluding hydrogens is 265 g/mol. The van der Waals surface area contributed by atoms with Crippen molar-refractivity contribution >= 4 is 34.8 Å². The molecular formula is C15H9ClFNO. The largest absolute Gasteiger partial charge is 0.321 e. The van der Waals surface area contributed by atoms with Gasteiger partial charge in [-0.2, -0.15) is 0 Å². The van der Waals surface area contributed by atoms with E-state index in [9.17, 15) is 9.18 Å². The lowest BCUT2D eigenvalue weighted by atomic mass is 10.0. The van der Waals surface area contributed by atoms with Crippen molar-refractivity contribution in [2.75, 3.05) is 5.32 Å². The van der Waals surface area contributed by atoms with Crippen LogP contribution in [-0.4, -0.2) is 5.91 Å². The van der Waals surface area contributed by atoms with Crippen molar-refractivity contribution in [2.45, 2.75) is 0 Å². The number of rotatable bonds is 1. The first-order valence-electron chi connectivity index (χ1n) is 5.72. The fourth-order valence-corrected chi connectivity index (χ4v) is 2.28. The van der Waals surface area contributed by atoms with E-state index in [4.69, 9.17) is 11.6 Å². The topological polar surface area (TPSA) is 29.1 Å². The van der Waals surface area contributed by atoms with Crippen LogP contribution in [0.15, 0.2) is 42.5 Å². The van der Waals surface area contributed by atoms with Crippen molar-refractivity contribution < 1.29 is 9.18 Å². The van der Waals surface area contributed by atoms with Crippen LogP contribution in [0.2, 0.25) is 5.02 Å². The summed E-state index contributed by atoms with van der Waals surface area (Å²) in [5.41, 5.74) is 2.75. The average Bonchev–Trinajstić information content (AvgIpc) is 2.69. The number of benzene rings is 2. The Bertz CT molecular complexity index is 709. The molecule has 19 heavy (non-hydrogen) atoms. The molecule has 0 bridgehead atoms. The van der Waals surface area contributed by atoms with E-state index in [1.807, 2.05) is 24.3 Å². The maximum Gasteiger partial charge on any atom is 0.256 e. The third-order valence-corrected chi connectivity index (χ3v) is 3.30. The van der Waals surface area contributed by atoms with Crippen LogP contribution >= 0.6 is 11.6 Å². The maximum atomic E-state index is 13.0. The molecule has 0 fully saturated rings. The van der Waals surface area contributed by atoms with Gasteiger partial charge in [0, 0.05) is 16.8 Å². The van der Waals surface area contributed by atoms with Crippen molar-refractivity contribution in [1.29, 1.82) is 0 Å². The third kappa shape index (κ3) is 2.13. The van der Waals surface area contributed by atoms with Crippen molar-refractivity contribution in [1.82, 2.24) is 0 Å². The van der Waals surface area contributed by atoms with Gasteiger partial charge in [0.15, 0.2) is 0 Å². The summed E-state index contributed by atoms with van der Waals surface area (Å²) in [6.07, 6.45) is 1.67. The predicted molar refractivity (Wildman–Crippen MR) is 74.4 cm³/mol. The van der Waals surface area contributed by atoms with Gasteiger partial charge in [-0.1, -0.05) is 35.9 Å². The smallest absolute Gasteiger partial charge is 0.256 e. The summed E-state index contributed by atoms with van der Waals surface area (Å²) in [6.45, 7) is 0. The van der Waals surface area contributed by atoms with Crippen LogP contribution in [0.25, 0.3) is 11.6 Å². The molecule has 1 N–H and O–H groups in total. The zero-order chi connectivity index (χ0) is 13.4. The average molecular weight is 274 g/mol. The molecule has 0 saturated carbocycles. The first kappa shape index (κ1) is 11.9. The third-order valence-electron chi connectivity index (χ3n) is 2.97. The van der Waals surface area contributed by atoms with E-state index in [2.05, 4.69) is 5.32 Å². The Kier molecular flexibility index (Phi) is 2.84. The zero-order valence-electron chi connectivity index (χ0n) is 9.78. The molecule has 0 unspecified atom stereocenters. The molecule has 1 aliphatic rings. The van der Waals surface area contributed by atoms with Crippen LogP contribution in [0, 0.1) is 5.82 Å². The second kappa shape index (κ2) is 4.52. The monoisotopic (exact) mass is 273 g/mol. The number of halogens is 2. The first-order valence-corrected chi connectivity index (χ1v) is 6.10. The number of anilines is 1. The highest BCUT2D eigenvalue weighted by Crippen LogP contribution is 2.33. The molecule has 0 radical (unpaired) electrons. The summed E-state index contributed by atoms with van der Waals surface area (Å²) in [5, 5.41) is 3.06. The lowest BCUT2D eigenvalue weighted by molar-refractivity contribution is -0.110. The first-order chi connectivity index (χ1) is 9.15. The summed E-state index contributed by atoms with van der Waals surface area (Å²) in [4.78, 5) is 11.9. The van der Waals surface area contributed by atoms with Gasteiger partial charge in [-0.25, -0.2) is 4.39 Å². The van der Waals surface area contributed by atoms with E-state index >= 15 is 0 Å². The van der Waals surface area contributed by atoms with E-state index in [1.54, 1.807) is 12.1 Å². The van der Waals surface area contributed by atoms with Gasteiger partial charge in [-0.15, -0.1) is 0 Å². The van der Waals surface area contributed by atoms with Crippen LogP contribution in [0.1, 0.15) is 11.1 Å². The van der Waals surface area contributed by atoms with E-state index in [1.165, 1.54) is 12.1 Å². The summed E-state index contributed by atoms with van der Waals surface area (Å²) in [6, 6.07) is 11.5. The number of para-hydroxylation sites is 1. The SMILES string of the molecule is O=C1Nc2ccccc2/C1=C\c1ccc(F)cc1Cl. The molecule has 0 saturated heterocycles. The molecule has 2 aromatic rings. The highest BCUT2D eigenvalue weighted by molar-refractivity contribution is 6.37. The number of amides is 1. The Hall–Kier alpha value is -2.13. The molecule has 0 spiro atoms. The Morgan fingerprint density at radius 2 is 1.95 bits per heavy atom. The van der Waals surface area contributed by atoms with Gasteiger partial charge in [-0.05, 0) is 29.8 Å². The van der Waals surface area contributed by atoms with E-state index in [-0.39, 0.29) is 10.9 Å². The van der Waals surface area contributed by atoms with Crippen LogP contribution in [0.4, 0.5) is 10.1 Å². The molecule has 2 nitrogen and oxygen atoms in total. The predicted octanol–water partition coefficient (Wildman–Crippen LogP) is 3.97. The van der Waals surface area contributed by atoms with Gasteiger partial charge in [0.05, 0.1) is 5.02 Å². The summed E-state index contributed by atoms with van der Waals surface area (Å²) < 4.78 is 13.0. The Morgan fingerprint density at radius 1 is 1.16 bits per heavy atom. The number of fused-ring (bicyclic) bond motifs is 1. The van der Waals surface area contributed by atoms with Crippen LogP contribution < -0.4 is 5.32 Å². The minimum absolute atomic E-state index is 0.179. The van der Waals surface area contributed by atoms with Gasteiger partial charge in [0.25, 0.3) is 5.91 Å².